The number of anilines is 1. The third-order valence-electron chi connectivity index (χ3n) is 6.41. The van der Waals surface area contributed by atoms with Crippen LogP contribution in [0.5, 0.6) is 5.75 Å². The summed E-state index contributed by atoms with van der Waals surface area (Å²) in [4.78, 5) is 31.6. The Kier molecular flexibility index (Phi) is 6.60. The molecule has 0 saturated heterocycles. The number of aromatic nitrogens is 1. The largest absolute Gasteiger partial charge is 0.497 e. The minimum absolute atomic E-state index is 0.0302. The van der Waals surface area contributed by atoms with Crippen molar-refractivity contribution >= 4 is 40.6 Å². The van der Waals surface area contributed by atoms with Gasteiger partial charge in [0, 0.05) is 29.3 Å². The summed E-state index contributed by atoms with van der Waals surface area (Å²) >= 11 is 0. The third-order valence-corrected chi connectivity index (χ3v) is 6.41. The van der Waals surface area contributed by atoms with Crippen molar-refractivity contribution in [1.82, 2.24) is 10.3 Å². The van der Waals surface area contributed by atoms with Crippen LogP contribution in [0.2, 0.25) is 0 Å². The van der Waals surface area contributed by atoms with Gasteiger partial charge in [0.1, 0.15) is 17.3 Å². The molecule has 7 heteroatoms. The normalized spacial score (nSPS) is 15.8. The molecule has 3 aromatic carbocycles. The number of nitrogens with one attached hydrogen (secondary N) is 2. The Balaban J connectivity index is 1.55. The minimum Gasteiger partial charge on any atom is -0.497 e. The molecule has 0 atom stereocenters. The van der Waals surface area contributed by atoms with E-state index in [-0.39, 0.29) is 29.7 Å². The lowest BCUT2D eigenvalue weighted by molar-refractivity contribution is -0.122. The highest BCUT2D eigenvalue weighted by atomic mass is 19.1. The van der Waals surface area contributed by atoms with Crippen LogP contribution in [0, 0.1) is 5.82 Å². The number of benzene rings is 3. The van der Waals surface area contributed by atoms with E-state index in [0.717, 1.165) is 22.3 Å². The van der Waals surface area contributed by atoms with Gasteiger partial charge in [0.05, 0.1) is 13.5 Å². The van der Waals surface area contributed by atoms with Gasteiger partial charge in [-0.3, -0.25) is 9.59 Å². The molecule has 4 aromatic rings. The Bertz CT molecular complexity index is 1550. The molecule has 37 heavy (non-hydrogen) atoms. The molecule has 0 saturated carbocycles. The molecule has 2 amide bonds. The second-order valence-electron chi connectivity index (χ2n) is 8.90. The van der Waals surface area contributed by atoms with Gasteiger partial charge in [0.15, 0.2) is 0 Å². The van der Waals surface area contributed by atoms with E-state index in [4.69, 9.17) is 4.74 Å². The Morgan fingerprint density at radius 1 is 1.05 bits per heavy atom. The zero-order valence-corrected chi connectivity index (χ0v) is 20.5. The number of methoxy groups -OCH3 is 1. The van der Waals surface area contributed by atoms with E-state index in [2.05, 4.69) is 10.3 Å². The second-order valence-corrected chi connectivity index (χ2v) is 8.90. The Hall–Kier alpha value is -4.65. The lowest BCUT2D eigenvalue weighted by atomic mass is 10.1. The number of hydrogen-bond donors (Lipinski definition) is 2. The SMILES string of the molecule is COc1ccc(N(C)C(=O)/C2=C/c3cccc(c3)C/C=C/c3[nH]c4ccc(F)cc4c3CC(=O)N2)cc1. The first kappa shape index (κ1) is 24.1. The number of halogens is 1. The summed E-state index contributed by atoms with van der Waals surface area (Å²) in [5.74, 6) is -0.454. The molecule has 2 bridgehead atoms. The van der Waals surface area contributed by atoms with Crippen LogP contribution in [-0.2, 0) is 22.4 Å². The van der Waals surface area contributed by atoms with E-state index in [1.807, 2.05) is 36.4 Å². The predicted molar refractivity (Wildman–Crippen MR) is 144 cm³/mol. The quantitative estimate of drug-likeness (QED) is 0.408. The van der Waals surface area contributed by atoms with E-state index in [9.17, 15) is 14.0 Å². The highest BCUT2D eigenvalue weighted by Crippen LogP contribution is 2.26. The van der Waals surface area contributed by atoms with E-state index in [0.29, 0.717) is 28.8 Å². The molecule has 6 nitrogen and oxygen atoms in total. The number of hydrogen-bond acceptors (Lipinski definition) is 3. The number of amides is 2. The topological polar surface area (TPSA) is 74.4 Å². The first-order valence-electron chi connectivity index (χ1n) is 11.9. The van der Waals surface area contributed by atoms with Crippen LogP contribution in [0.3, 0.4) is 0 Å². The monoisotopic (exact) mass is 495 g/mol. The number of fused-ring (bicyclic) bond motifs is 5. The van der Waals surface area contributed by atoms with Crippen molar-refractivity contribution in [3.63, 3.8) is 0 Å². The van der Waals surface area contributed by atoms with Crippen LogP contribution < -0.4 is 15.0 Å². The van der Waals surface area contributed by atoms with E-state index < -0.39 is 0 Å². The summed E-state index contributed by atoms with van der Waals surface area (Å²) in [6, 6.07) is 19.4. The molecule has 0 fully saturated rings. The van der Waals surface area contributed by atoms with Crippen molar-refractivity contribution in [2.45, 2.75) is 12.8 Å². The fraction of sp³-hybridized carbons (Fsp3) is 0.133. The number of allylic oxidation sites excluding steroid dienone is 1. The molecule has 0 aliphatic carbocycles. The van der Waals surface area contributed by atoms with Gasteiger partial charge in [0.25, 0.3) is 5.91 Å². The molecule has 2 heterocycles. The number of ether oxygens (including phenoxy) is 1. The number of carbonyl (C=O) groups excluding carboxylic acids is 2. The number of rotatable bonds is 3. The maximum absolute atomic E-state index is 14.1. The summed E-state index contributed by atoms with van der Waals surface area (Å²) in [5.41, 5.74) is 4.78. The summed E-state index contributed by atoms with van der Waals surface area (Å²) < 4.78 is 19.3. The lowest BCUT2D eigenvalue weighted by Crippen LogP contribution is -2.36. The average molecular weight is 496 g/mol. The predicted octanol–water partition coefficient (Wildman–Crippen LogP) is 5.25. The van der Waals surface area contributed by atoms with Crippen LogP contribution in [0.15, 0.2) is 78.5 Å². The molecule has 0 unspecified atom stereocenters. The van der Waals surface area contributed by atoms with E-state index >= 15 is 0 Å². The Labute approximate surface area is 214 Å². The van der Waals surface area contributed by atoms with Gasteiger partial charge >= 0.3 is 0 Å². The molecule has 1 aliphatic heterocycles. The number of aromatic amines is 1. The van der Waals surface area contributed by atoms with Gasteiger partial charge in [-0.1, -0.05) is 30.3 Å². The first-order valence-corrected chi connectivity index (χ1v) is 11.9. The van der Waals surface area contributed by atoms with Gasteiger partial charge in [-0.15, -0.1) is 0 Å². The Morgan fingerprint density at radius 2 is 1.86 bits per heavy atom. The number of likely N-dealkylation sites (N-methyl/N-ethyl adjacent to an activating group) is 1. The van der Waals surface area contributed by atoms with E-state index in [1.165, 1.54) is 17.0 Å². The van der Waals surface area contributed by atoms with Gasteiger partial charge in [-0.2, -0.15) is 0 Å². The summed E-state index contributed by atoms with van der Waals surface area (Å²) in [6.45, 7) is 0. The maximum Gasteiger partial charge on any atom is 0.274 e. The minimum atomic E-state index is -0.380. The van der Waals surface area contributed by atoms with Crippen LogP contribution in [-0.4, -0.2) is 31.0 Å². The molecule has 1 aromatic heterocycles. The van der Waals surface area contributed by atoms with Crippen LogP contribution in [0.4, 0.5) is 10.1 Å². The number of H-pyrrole nitrogens is 1. The van der Waals surface area contributed by atoms with Crippen molar-refractivity contribution in [1.29, 1.82) is 0 Å². The van der Waals surface area contributed by atoms with Crippen molar-refractivity contribution in [2.24, 2.45) is 0 Å². The highest BCUT2D eigenvalue weighted by molar-refractivity contribution is 6.10. The first-order chi connectivity index (χ1) is 17.9. The van der Waals surface area contributed by atoms with Crippen molar-refractivity contribution < 1.29 is 18.7 Å². The Morgan fingerprint density at radius 3 is 2.65 bits per heavy atom. The fourth-order valence-electron chi connectivity index (χ4n) is 4.47. The van der Waals surface area contributed by atoms with E-state index in [1.54, 1.807) is 50.6 Å². The molecule has 186 valence electrons. The molecule has 0 radical (unpaired) electrons. The second kappa shape index (κ2) is 10.1. The summed E-state index contributed by atoms with van der Waals surface area (Å²) in [7, 11) is 3.23. The average Bonchev–Trinajstić information content (AvgIpc) is 3.23. The zero-order valence-electron chi connectivity index (χ0n) is 20.5. The van der Waals surface area contributed by atoms with Gasteiger partial charge in [0.2, 0.25) is 5.91 Å². The summed E-state index contributed by atoms with van der Waals surface area (Å²) in [5, 5.41) is 3.46. The molecule has 2 N–H and O–H groups in total. The van der Waals surface area contributed by atoms with Crippen molar-refractivity contribution in [3.05, 3.63) is 107 Å². The van der Waals surface area contributed by atoms with Crippen molar-refractivity contribution in [3.8, 4) is 5.75 Å². The van der Waals surface area contributed by atoms with Gasteiger partial charge < -0.3 is 19.9 Å². The van der Waals surface area contributed by atoms with Crippen LogP contribution >= 0.6 is 0 Å². The molecule has 0 spiro atoms. The van der Waals surface area contributed by atoms with Crippen LogP contribution in [0.25, 0.3) is 23.1 Å². The van der Waals surface area contributed by atoms with Gasteiger partial charge in [-0.05, 0) is 77.7 Å². The van der Waals surface area contributed by atoms with Crippen LogP contribution in [0.1, 0.15) is 22.4 Å². The third kappa shape index (κ3) is 5.16. The fourth-order valence-corrected chi connectivity index (χ4v) is 4.47. The summed E-state index contributed by atoms with van der Waals surface area (Å²) in [6.07, 6.45) is 6.23. The standard InChI is InChI=1S/C30H26FN3O3/c1-34(22-10-12-23(37-2)13-11-22)30(36)28-16-20-7-3-5-19(15-20)6-4-8-26-25(18-29(35)33-28)24-17-21(31)9-14-27(24)32-26/h3-5,7-17,32H,6,18H2,1-2H3,(H,33,35)/b8-4+,28-16-. The van der Waals surface area contributed by atoms with Gasteiger partial charge in [-0.25, -0.2) is 4.39 Å². The molecular weight excluding hydrogens is 469 g/mol. The molecular formula is C30H26FN3O3. The molecule has 1 aliphatic rings. The number of nitrogens with zero attached hydrogens (tertiary/aromatic N) is 1. The van der Waals surface area contributed by atoms with Crippen molar-refractivity contribution in [2.75, 3.05) is 19.1 Å². The molecule has 5 rings (SSSR count). The zero-order chi connectivity index (χ0) is 25.9. The lowest BCUT2D eigenvalue weighted by Gasteiger charge is -2.20. The number of carbonyl (C=O) groups is 2. The highest BCUT2D eigenvalue weighted by Gasteiger charge is 2.21. The maximum atomic E-state index is 14.1. The smallest absolute Gasteiger partial charge is 0.274 e.